The lowest BCUT2D eigenvalue weighted by Gasteiger charge is -2.19. The Morgan fingerprint density at radius 2 is 1.78 bits per heavy atom. The van der Waals surface area contributed by atoms with Crippen molar-refractivity contribution in [1.82, 2.24) is 10.1 Å². The number of nitrogens with zero attached hydrogens (tertiary/aromatic N) is 2. The van der Waals surface area contributed by atoms with Gasteiger partial charge in [0.2, 0.25) is 0 Å². The van der Waals surface area contributed by atoms with Crippen molar-refractivity contribution >= 4 is 16.7 Å². The van der Waals surface area contributed by atoms with Gasteiger partial charge >= 0.3 is 0 Å². The third kappa shape index (κ3) is 4.44. The Bertz CT molecular complexity index is 1240. The molecule has 4 rings (SSSR count). The maximum absolute atomic E-state index is 13.2. The van der Waals surface area contributed by atoms with Gasteiger partial charge in [-0.3, -0.25) is 4.79 Å². The van der Waals surface area contributed by atoms with Crippen LogP contribution in [0.5, 0.6) is 11.5 Å². The summed E-state index contributed by atoms with van der Waals surface area (Å²) in [5, 5.41) is 6.16. The van der Waals surface area contributed by atoms with Crippen molar-refractivity contribution in [3.05, 3.63) is 88.8 Å². The minimum atomic E-state index is -0.103. The minimum Gasteiger partial charge on any atom is -0.497 e. The Hall–Kier alpha value is -3.80. The fourth-order valence-electron chi connectivity index (χ4n) is 3.68. The number of methoxy groups -OCH3 is 1. The van der Waals surface area contributed by atoms with E-state index < -0.39 is 0 Å². The van der Waals surface area contributed by atoms with E-state index in [1.54, 1.807) is 25.1 Å². The van der Waals surface area contributed by atoms with Crippen molar-refractivity contribution in [2.45, 2.75) is 27.0 Å². The zero-order chi connectivity index (χ0) is 22.7. The van der Waals surface area contributed by atoms with Gasteiger partial charge in [0, 0.05) is 13.6 Å². The normalized spacial score (nSPS) is 10.9. The van der Waals surface area contributed by atoms with E-state index in [0.29, 0.717) is 24.5 Å². The summed E-state index contributed by atoms with van der Waals surface area (Å²) in [6.45, 7) is 4.51. The third-order valence-electron chi connectivity index (χ3n) is 5.55. The highest BCUT2D eigenvalue weighted by molar-refractivity contribution is 5.96. The zero-order valence-electron chi connectivity index (χ0n) is 18.7. The number of para-hydroxylation sites is 1. The molecule has 32 heavy (non-hydrogen) atoms. The van der Waals surface area contributed by atoms with Gasteiger partial charge in [-0.2, -0.15) is 0 Å². The average molecular weight is 431 g/mol. The number of carbonyl (C=O) groups is 1. The van der Waals surface area contributed by atoms with E-state index in [4.69, 9.17) is 14.0 Å². The number of fused-ring (bicyclic) bond motifs is 1. The van der Waals surface area contributed by atoms with Crippen molar-refractivity contribution in [3.8, 4) is 11.5 Å². The van der Waals surface area contributed by atoms with Crippen LogP contribution in [-0.4, -0.2) is 30.1 Å². The van der Waals surface area contributed by atoms with E-state index in [1.165, 1.54) is 0 Å². The van der Waals surface area contributed by atoms with Gasteiger partial charge in [0.05, 0.1) is 23.9 Å². The molecule has 0 radical (unpaired) electrons. The molecule has 0 unspecified atom stereocenters. The molecular formula is C26H26N2O4. The fourth-order valence-corrected chi connectivity index (χ4v) is 3.68. The molecule has 0 saturated carbocycles. The number of benzene rings is 3. The molecule has 1 heterocycles. The van der Waals surface area contributed by atoms with E-state index >= 15 is 0 Å². The largest absolute Gasteiger partial charge is 0.497 e. The quantitative estimate of drug-likeness (QED) is 0.398. The molecule has 0 aliphatic heterocycles. The predicted molar refractivity (Wildman–Crippen MR) is 123 cm³/mol. The highest BCUT2D eigenvalue weighted by atomic mass is 16.5. The number of carbonyl (C=O) groups excluding carboxylic acids is 1. The SMILES string of the molecule is COc1ccc2cc(CN(C)C(=O)c3ccccc3OCc3c(C)noc3C)ccc2c1. The maximum Gasteiger partial charge on any atom is 0.257 e. The Morgan fingerprint density at radius 3 is 2.53 bits per heavy atom. The third-order valence-corrected chi connectivity index (χ3v) is 5.55. The summed E-state index contributed by atoms with van der Waals surface area (Å²) in [6, 6.07) is 19.4. The van der Waals surface area contributed by atoms with Crippen LogP contribution >= 0.6 is 0 Å². The molecule has 6 nitrogen and oxygen atoms in total. The number of aromatic nitrogens is 1. The summed E-state index contributed by atoms with van der Waals surface area (Å²) in [4.78, 5) is 14.9. The van der Waals surface area contributed by atoms with Crippen LogP contribution in [0.1, 0.15) is 32.9 Å². The first-order valence-electron chi connectivity index (χ1n) is 10.4. The first kappa shape index (κ1) is 21.4. The smallest absolute Gasteiger partial charge is 0.257 e. The second-order valence-electron chi connectivity index (χ2n) is 7.80. The maximum atomic E-state index is 13.2. The minimum absolute atomic E-state index is 0.103. The highest BCUT2D eigenvalue weighted by Crippen LogP contribution is 2.25. The van der Waals surface area contributed by atoms with Crippen molar-refractivity contribution in [2.24, 2.45) is 0 Å². The summed E-state index contributed by atoms with van der Waals surface area (Å²) >= 11 is 0. The zero-order valence-corrected chi connectivity index (χ0v) is 18.7. The number of ether oxygens (including phenoxy) is 2. The molecule has 1 amide bonds. The number of hydrogen-bond acceptors (Lipinski definition) is 5. The van der Waals surface area contributed by atoms with Gasteiger partial charge in [0.15, 0.2) is 0 Å². The van der Waals surface area contributed by atoms with Crippen LogP contribution in [-0.2, 0) is 13.2 Å². The van der Waals surface area contributed by atoms with Crippen molar-refractivity contribution in [2.75, 3.05) is 14.2 Å². The van der Waals surface area contributed by atoms with Crippen molar-refractivity contribution in [3.63, 3.8) is 0 Å². The molecule has 0 spiro atoms. The number of amides is 1. The molecule has 1 aromatic heterocycles. The molecule has 3 aromatic carbocycles. The van der Waals surface area contributed by atoms with E-state index in [-0.39, 0.29) is 5.91 Å². The average Bonchev–Trinajstić information content (AvgIpc) is 3.14. The summed E-state index contributed by atoms with van der Waals surface area (Å²) in [7, 11) is 3.46. The van der Waals surface area contributed by atoms with Crippen LogP contribution in [0.2, 0.25) is 0 Å². The second-order valence-corrected chi connectivity index (χ2v) is 7.80. The lowest BCUT2D eigenvalue weighted by atomic mass is 10.1. The molecule has 0 bridgehead atoms. The molecule has 0 saturated heterocycles. The summed E-state index contributed by atoms with van der Waals surface area (Å²) < 4.78 is 16.5. The van der Waals surface area contributed by atoms with Gasteiger partial charge in [0.1, 0.15) is 23.9 Å². The van der Waals surface area contributed by atoms with E-state index in [1.807, 2.05) is 62.4 Å². The van der Waals surface area contributed by atoms with Gasteiger partial charge in [-0.05, 0) is 60.5 Å². The van der Waals surface area contributed by atoms with Crippen LogP contribution in [0.4, 0.5) is 0 Å². The Morgan fingerprint density at radius 1 is 1.03 bits per heavy atom. The Balaban J connectivity index is 1.50. The van der Waals surface area contributed by atoms with Gasteiger partial charge in [-0.25, -0.2) is 0 Å². The number of hydrogen-bond donors (Lipinski definition) is 0. The van der Waals surface area contributed by atoms with Crippen LogP contribution in [0.3, 0.4) is 0 Å². The lowest BCUT2D eigenvalue weighted by molar-refractivity contribution is 0.0780. The Kier molecular flexibility index (Phi) is 6.12. The van der Waals surface area contributed by atoms with Crippen LogP contribution in [0.25, 0.3) is 10.8 Å². The molecule has 164 valence electrons. The number of aryl methyl sites for hydroxylation is 2. The molecule has 0 N–H and O–H groups in total. The van der Waals surface area contributed by atoms with Crippen LogP contribution in [0.15, 0.2) is 65.2 Å². The highest BCUT2D eigenvalue weighted by Gasteiger charge is 2.18. The first-order valence-corrected chi connectivity index (χ1v) is 10.4. The van der Waals surface area contributed by atoms with E-state index in [2.05, 4.69) is 11.2 Å². The molecule has 6 heteroatoms. The van der Waals surface area contributed by atoms with Crippen molar-refractivity contribution < 1.29 is 18.8 Å². The molecule has 4 aromatic rings. The molecule has 0 fully saturated rings. The Labute approximate surface area is 187 Å². The van der Waals surface area contributed by atoms with E-state index in [9.17, 15) is 4.79 Å². The molecule has 0 atom stereocenters. The lowest BCUT2D eigenvalue weighted by Crippen LogP contribution is -2.26. The molecule has 0 aliphatic carbocycles. The van der Waals surface area contributed by atoms with Crippen molar-refractivity contribution in [1.29, 1.82) is 0 Å². The first-order chi connectivity index (χ1) is 15.5. The van der Waals surface area contributed by atoms with Crippen LogP contribution < -0.4 is 9.47 Å². The monoisotopic (exact) mass is 430 g/mol. The summed E-state index contributed by atoms with van der Waals surface area (Å²) in [6.07, 6.45) is 0. The second kappa shape index (κ2) is 9.14. The topological polar surface area (TPSA) is 64.8 Å². The molecule has 0 aliphatic rings. The summed E-state index contributed by atoms with van der Waals surface area (Å²) in [5.74, 6) is 1.98. The van der Waals surface area contributed by atoms with Crippen LogP contribution in [0, 0.1) is 13.8 Å². The number of rotatable bonds is 7. The predicted octanol–water partition coefficient (Wildman–Crippen LogP) is 5.30. The fraction of sp³-hybridized carbons (Fsp3) is 0.231. The van der Waals surface area contributed by atoms with Gasteiger partial charge in [-0.1, -0.05) is 35.5 Å². The van der Waals surface area contributed by atoms with Gasteiger partial charge < -0.3 is 18.9 Å². The van der Waals surface area contributed by atoms with Gasteiger partial charge in [-0.15, -0.1) is 0 Å². The standard InChI is InChI=1S/C26H26N2O4/c1-17-24(18(2)32-27-17)16-31-25-8-6-5-7-23(25)26(29)28(3)15-19-9-10-21-14-22(30-4)12-11-20(21)13-19/h5-14H,15-16H2,1-4H3. The van der Waals surface area contributed by atoms with Gasteiger partial charge in [0.25, 0.3) is 5.91 Å². The summed E-state index contributed by atoms with van der Waals surface area (Å²) in [5.41, 5.74) is 3.26. The van der Waals surface area contributed by atoms with E-state index in [0.717, 1.165) is 39.1 Å². The molecular weight excluding hydrogens is 404 g/mol.